The SMILES string of the molecule is CCN(C(=O)CSc1cc(OC)ccc1N)C1=CCCC1. The summed E-state index contributed by atoms with van der Waals surface area (Å²) in [4.78, 5) is 15.2. The van der Waals surface area contributed by atoms with Crippen LogP contribution in [0.1, 0.15) is 26.2 Å². The van der Waals surface area contributed by atoms with Gasteiger partial charge in [-0.25, -0.2) is 0 Å². The number of nitrogen functional groups attached to an aromatic ring is 1. The zero-order valence-electron chi connectivity index (χ0n) is 12.6. The van der Waals surface area contributed by atoms with Crippen LogP contribution in [0.4, 0.5) is 5.69 Å². The molecule has 1 aliphatic rings. The summed E-state index contributed by atoms with van der Waals surface area (Å²) in [5, 5.41) is 0. The van der Waals surface area contributed by atoms with Crippen LogP contribution in [0.2, 0.25) is 0 Å². The van der Waals surface area contributed by atoms with Gasteiger partial charge in [-0.1, -0.05) is 6.08 Å². The maximum atomic E-state index is 12.4. The molecule has 2 rings (SSSR count). The molecule has 1 aromatic rings. The highest BCUT2D eigenvalue weighted by Gasteiger charge is 2.19. The minimum absolute atomic E-state index is 0.137. The number of rotatable bonds is 6. The molecule has 0 unspecified atom stereocenters. The lowest BCUT2D eigenvalue weighted by molar-refractivity contribution is -0.126. The maximum absolute atomic E-state index is 12.4. The van der Waals surface area contributed by atoms with Gasteiger partial charge in [0.05, 0.1) is 12.9 Å². The molecule has 5 heteroatoms. The van der Waals surface area contributed by atoms with Crippen molar-refractivity contribution >= 4 is 23.4 Å². The smallest absolute Gasteiger partial charge is 0.237 e. The van der Waals surface area contributed by atoms with E-state index in [0.29, 0.717) is 11.4 Å². The van der Waals surface area contributed by atoms with Crippen LogP contribution in [-0.2, 0) is 4.79 Å². The van der Waals surface area contributed by atoms with E-state index in [1.54, 1.807) is 7.11 Å². The summed E-state index contributed by atoms with van der Waals surface area (Å²) in [6.45, 7) is 2.74. The van der Waals surface area contributed by atoms with Gasteiger partial charge < -0.3 is 15.4 Å². The number of hydrogen-bond donors (Lipinski definition) is 1. The molecule has 0 aromatic heterocycles. The van der Waals surface area contributed by atoms with Crippen LogP contribution < -0.4 is 10.5 Å². The molecule has 1 aliphatic carbocycles. The van der Waals surface area contributed by atoms with Crippen LogP contribution in [0.3, 0.4) is 0 Å². The van der Waals surface area contributed by atoms with Crippen LogP contribution in [0, 0.1) is 0 Å². The van der Waals surface area contributed by atoms with Crippen LogP contribution in [0.15, 0.2) is 34.9 Å². The minimum Gasteiger partial charge on any atom is -0.497 e. The highest BCUT2D eigenvalue weighted by Crippen LogP contribution is 2.30. The molecule has 2 N–H and O–H groups in total. The normalized spacial score (nSPS) is 13.9. The van der Waals surface area contributed by atoms with Crippen molar-refractivity contribution in [1.82, 2.24) is 4.90 Å². The maximum Gasteiger partial charge on any atom is 0.237 e. The molecule has 21 heavy (non-hydrogen) atoms. The number of hydrogen-bond acceptors (Lipinski definition) is 4. The van der Waals surface area contributed by atoms with E-state index >= 15 is 0 Å². The summed E-state index contributed by atoms with van der Waals surface area (Å²) in [5.41, 5.74) is 7.79. The lowest BCUT2D eigenvalue weighted by Crippen LogP contribution is -2.31. The van der Waals surface area contributed by atoms with Crippen molar-refractivity contribution in [2.75, 3.05) is 25.1 Å². The molecule has 1 amide bonds. The molecule has 0 bridgehead atoms. The van der Waals surface area contributed by atoms with Crippen LogP contribution >= 0.6 is 11.8 Å². The summed E-state index contributed by atoms with van der Waals surface area (Å²) in [5.74, 6) is 1.28. The molecular weight excluding hydrogens is 284 g/mol. The van der Waals surface area contributed by atoms with Gasteiger partial charge in [-0.15, -0.1) is 11.8 Å². The Kier molecular flexibility index (Phi) is 5.56. The molecule has 0 heterocycles. The third-order valence-corrected chi connectivity index (χ3v) is 4.61. The molecule has 114 valence electrons. The number of anilines is 1. The highest BCUT2D eigenvalue weighted by atomic mass is 32.2. The molecule has 0 atom stereocenters. The summed E-state index contributed by atoms with van der Waals surface area (Å²) in [6, 6.07) is 5.50. The van der Waals surface area contributed by atoms with E-state index in [1.165, 1.54) is 17.5 Å². The van der Waals surface area contributed by atoms with Crippen LogP contribution in [0.5, 0.6) is 5.75 Å². The van der Waals surface area contributed by atoms with Crippen LogP contribution in [0.25, 0.3) is 0 Å². The third-order valence-electron chi connectivity index (χ3n) is 3.55. The number of carbonyl (C=O) groups excluding carboxylic acids is 1. The summed E-state index contributed by atoms with van der Waals surface area (Å²) >= 11 is 1.46. The predicted molar refractivity (Wildman–Crippen MR) is 87.5 cm³/mol. The van der Waals surface area contributed by atoms with Gasteiger partial charge in [-0.3, -0.25) is 4.79 Å². The lowest BCUT2D eigenvalue weighted by atomic mass is 10.3. The van der Waals surface area contributed by atoms with Gasteiger partial charge in [0.15, 0.2) is 0 Å². The Morgan fingerprint density at radius 2 is 2.29 bits per heavy atom. The Morgan fingerprint density at radius 1 is 1.48 bits per heavy atom. The molecule has 0 aliphatic heterocycles. The quantitative estimate of drug-likeness (QED) is 0.647. The van der Waals surface area contributed by atoms with Crippen molar-refractivity contribution in [2.24, 2.45) is 0 Å². The first kappa shape index (κ1) is 15.8. The topological polar surface area (TPSA) is 55.6 Å². The molecule has 0 saturated carbocycles. The fraction of sp³-hybridized carbons (Fsp3) is 0.438. The predicted octanol–water partition coefficient (Wildman–Crippen LogP) is 3.29. The second-order valence-corrected chi connectivity index (χ2v) is 5.94. The molecule has 0 saturated heterocycles. The van der Waals surface area contributed by atoms with Crippen molar-refractivity contribution < 1.29 is 9.53 Å². The van der Waals surface area contributed by atoms with E-state index in [4.69, 9.17) is 10.5 Å². The van der Waals surface area contributed by atoms with Crippen molar-refractivity contribution in [3.63, 3.8) is 0 Å². The Labute approximate surface area is 130 Å². The summed E-state index contributed by atoms with van der Waals surface area (Å²) < 4.78 is 5.19. The Balaban J connectivity index is 2.00. The Bertz CT molecular complexity index is 543. The first-order chi connectivity index (χ1) is 10.2. The Morgan fingerprint density at radius 3 is 2.90 bits per heavy atom. The van der Waals surface area contributed by atoms with E-state index in [1.807, 2.05) is 30.0 Å². The van der Waals surface area contributed by atoms with E-state index in [9.17, 15) is 4.79 Å². The van der Waals surface area contributed by atoms with Gasteiger partial charge in [0, 0.05) is 22.8 Å². The number of benzene rings is 1. The van der Waals surface area contributed by atoms with Gasteiger partial charge in [-0.2, -0.15) is 0 Å². The molecule has 0 spiro atoms. The standard InChI is InChI=1S/C16H22N2O2S/c1-3-18(12-6-4-5-7-12)16(19)11-21-15-10-13(20-2)8-9-14(15)17/h6,8-10H,3-5,7,11,17H2,1-2H3. The van der Waals surface area contributed by atoms with Crippen molar-refractivity contribution in [3.05, 3.63) is 30.0 Å². The third kappa shape index (κ3) is 3.94. The number of methoxy groups -OCH3 is 1. The van der Waals surface area contributed by atoms with Crippen molar-refractivity contribution in [1.29, 1.82) is 0 Å². The van der Waals surface area contributed by atoms with Gasteiger partial charge in [-0.05, 0) is 44.4 Å². The minimum atomic E-state index is 0.137. The van der Waals surface area contributed by atoms with E-state index in [2.05, 4.69) is 6.08 Å². The molecular formula is C16H22N2O2S. The lowest BCUT2D eigenvalue weighted by Gasteiger charge is -2.22. The summed E-state index contributed by atoms with van der Waals surface area (Å²) in [7, 11) is 1.62. The zero-order valence-corrected chi connectivity index (χ0v) is 13.4. The second kappa shape index (κ2) is 7.41. The molecule has 1 aromatic carbocycles. The van der Waals surface area contributed by atoms with Crippen molar-refractivity contribution in [2.45, 2.75) is 31.1 Å². The van der Waals surface area contributed by atoms with Crippen molar-refractivity contribution in [3.8, 4) is 5.75 Å². The molecule has 0 fully saturated rings. The second-order valence-electron chi connectivity index (χ2n) is 4.92. The Hall–Kier alpha value is -1.62. The highest BCUT2D eigenvalue weighted by molar-refractivity contribution is 8.00. The first-order valence-corrected chi connectivity index (χ1v) is 8.20. The van der Waals surface area contributed by atoms with Gasteiger partial charge >= 0.3 is 0 Å². The number of amides is 1. The average Bonchev–Trinajstić information content (AvgIpc) is 3.01. The zero-order chi connectivity index (χ0) is 15.2. The van der Waals surface area contributed by atoms with Crippen LogP contribution in [-0.4, -0.2) is 30.2 Å². The number of thioether (sulfide) groups is 1. The number of nitrogens with zero attached hydrogens (tertiary/aromatic N) is 1. The fourth-order valence-corrected chi connectivity index (χ4v) is 3.29. The number of ether oxygens (including phenoxy) is 1. The van der Waals surface area contributed by atoms with Gasteiger partial charge in [0.2, 0.25) is 5.91 Å². The van der Waals surface area contributed by atoms with Gasteiger partial charge in [0.1, 0.15) is 5.75 Å². The first-order valence-electron chi connectivity index (χ1n) is 7.21. The molecule has 0 radical (unpaired) electrons. The monoisotopic (exact) mass is 306 g/mol. The van der Waals surface area contributed by atoms with E-state index in [0.717, 1.165) is 36.5 Å². The fourth-order valence-electron chi connectivity index (χ4n) is 2.42. The summed E-state index contributed by atoms with van der Waals surface area (Å²) in [6.07, 6.45) is 5.40. The number of nitrogens with two attached hydrogens (primary N) is 1. The largest absolute Gasteiger partial charge is 0.497 e. The van der Waals surface area contributed by atoms with E-state index in [-0.39, 0.29) is 5.91 Å². The van der Waals surface area contributed by atoms with E-state index < -0.39 is 0 Å². The average molecular weight is 306 g/mol. The number of allylic oxidation sites excluding steroid dienone is 2. The number of carbonyl (C=O) groups is 1. The molecule has 4 nitrogen and oxygen atoms in total. The van der Waals surface area contributed by atoms with Gasteiger partial charge in [0.25, 0.3) is 0 Å².